The van der Waals surface area contributed by atoms with Gasteiger partial charge in [0.2, 0.25) is 11.8 Å². The fraction of sp³-hybridized carbons (Fsp3) is 0.500. The number of piperazine rings is 1. The van der Waals surface area contributed by atoms with E-state index in [4.69, 9.17) is 0 Å². The van der Waals surface area contributed by atoms with Crippen LogP contribution in [0.15, 0.2) is 29.1 Å². The summed E-state index contributed by atoms with van der Waals surface area (Å²) in [5.74, 6) is -0.278. The van der Waals surface area contributed by atoms with Crippen LogP contribution in [0, 0.1) is 0 Å². The number of benzene rings is 1. The lowest BCUT2D eigenvalue weighted by Gasteiger charge is -2.34. The summed E-state index contributed by atoms with van der Waals surface area (Å²) < 4.78 is 38.7. The second-order valence-corrected chi connectivity index (χ2v) is 8.41. The van der Waals surface area contributed by atoms with Gasteiger partial charge in [-0.25, -0.2) is 0 Å². The van der Waals surface area contributed by atoms with E-state index in [1.165, 1.54) is 12.1 Å². The van der Waals surface area contributed by atoms with Crippen LogP contribution >= 0.6 is 0 Å². The molecule has 1 aliphatic heterocycles. The first-order chi connectivity index (χ1) is 16.0. The monoisotopic (exact) mass is 480 g/mol. The number of amides is 2. The van der Waals surface area contributed by atoms with E-state index >= 15 is 0 Å². The summed E-state index contributed by atoms with van der Waals surface area (Å²) in [6, 6.07) is 4.50. The van der Waals surface area contributed by atoms with E-state index < -0.39 is 17.3 Å². The highest BCUT2D eigenvalue weighted by atomic mass is 19.4. The van der Waals surface area contributed by atoms with Crippen molar-refractivity contribution in [1.29, 1.82) is 0 Å². The Labute approximate surface area is 194 Å². The molecule has 0 aliphatic carbocycles. The van der Waals surface area contributed by atoms with Crippen molar-refractivity contribution in [3.8, 4) is 11.4 Å². The normalized spacial score (nSPS) is 14.9. The molecule has 0 radical (unpaired) electrons. The van der Waals surface area contributed by atoms with Crippen molar-refractivity contribution in [2.45, 2.75) is 38.9 Å². The van der Waals surface area contributed by atoms with Crippen LogP contribution < -0.4 is 10.9 Å². The molecule has 34 heavy (non-hydrogen) atoms. The lowest BCUT2D eigenvalue weighted by atomic mass is 10.1. The van der Waals surface area contributed by atoms with E-state index in [-0.39, 0.29) is 54.3 Å². The van der Waals surface area contributed by atoms with Crippen molar-refractivity contribution >= 4 is 11.8 Å². The summed E-state index contributed by atoms with van der Waals surface area (Å²) in [5.41, 5.74) is -1.34. The van der Waals surface area contributed by atoms with Gasteiger partial charge in [-0.3, -0.25) is 19.3 Å². The van der Waals surface area contributed by atoms with Gasteiger partial charge in [0.15, 0.2) is 5.82 Å². The van der Waals surface area contributed by atoms with E-state index in [0.29, 0.717) is 26.2 Å². The molecule has 2 aromatic rings. The number of aromatic nitrogens is 3. The summed E-state index contributed by atoms with van der Waals surface area (Å²) in [7, 11) is 0. The number of halogens is 3. The van der Waals surface area contributed by atoms with Gasteiger partial charge in [-0.1, -0.05) is 12.1 Å². The Hall–Kier alpha value is -3.28. The second-order valence-electron chi connectivity index (χ2n) is 8.41. The molecular formula is C22H27F3N6O3. The van der Waals surface area contributed by atoms with Crippen LogP contribution in [0.1, 0.15) is 31.5 Å². The number of rotatable bonds is 7. The Kier molecular flexibility index (Phi) is 8.02. The molecule has 0 spiro atoms. The number of carbonyl (C=O) groups is 2. The standard InChI is InChI=1S/C22H27F3N6O3/c1-14(2)26-18(32)13-30-8-10-31(11-9-30)19(33)7-6-17-21(34)27-20(29-28-17)15-4-3-5-16(12-15)22(23,24)25/h3-5,12,14H,6-11,13H2,1-2H3,(H,26,32)(H,27,29,34). The highest BCUT2D eigenvalue weighted by molar-refractivity contribution is 5.78. The SMILES string of the molecule is CC(C)NC(=O)CN1CCN(C(=O)CCc2nnc(-c3cccc(C(F)(F)F)c3)[nH]c2=O)CC1. The maximum absolute atomic E-state index is 12.9. The van der Waals surface area contributed by atoms with Crippen molar-refractivity contribution in [1.82, 2.24) is 30.3 Å². The second kappa shape index (κ2) is 10.8. The van der Waals surface area contributed by atoms with Gasteiger partial charge in [0, 0.05) is 50.6 Å². The molecule has 3 rings (SSSR count). The van der Waals surface area contributed by atoms with Crippen LogP contribution in [-0.4, -0.2) is 75.6 Å². The zero-order valence-electron chi connectivity index (χ0n) is 19.0. The average Bonchev–Trinajstić information content (AvgIpc) is 2.77. The molecule has 9 nitrogen and oxygen atoms in total. The fourth-order valence-corrected chi connectivity index (χ4v) is 3.61. The van der Waals surface area contributed by atoms with Gasteiger partial charge in [0.05, 0.1) is 12.1 Å². The molecule has 2 N–H and O–H groups in total. The quantitative estimate of drug-likeness (QED) is 0.621. The molecule has 0 unspecified atom stereocenters. The Balaban J connectivity index is 1.53. The predicted octanol–water partition coefficient (Wildman–Crippen LogP) is 1.45. The van der Waals surface area contributed by atoms with Gasteiger partial charge in [-0.2, -0.15) is 13.2 Å². The number of aromatic amines is 1. The molecule has 0 saturated carbocycles. The first kappa shape index (κ1) is 25.3. The molecule has 184 valence electrons. The number of hydrogen-bond donors (Lipinski definition) is 2. The van der Waals surface area contributed by atoms with Crippen molar-refractivity contribution in [2.24, 2.45) is 0 Å². The van der Waals surface area contributed by atoms with Gasteiger partial charge in [0.1, 0.15) is 5.69 Å². The molecule has 12 heteroatoms. The van der Waals surface area contributed by atoms with Crippen LogP contribution in [0.5, 0.6) is 0 Å². The highest BCUT2D eigenvalue weighted by Crippen LogP contribution is 2.31. The lowest BCUT2D eigenvalue weighted by molar-refractivity contribution is -0.137. The van der Waals surface area contributed by atoms with Crippen molar-refractivity contribution in [3.05, 3.63) is 45.9 Å². The maximum atomic E-state index is 12.9. The number of aryl methyl sites for hydroxylation is 1. The molecule has 2 amide bonds. The number of nitrogens with one attached hydrogen (secondary N) is 2. The number of hydrogen-bond acceptors (Lipinski definition) is 6. The Morgan fingerprint density at radius 3 is 2.47 bits per heavy atom. The zero-order chi connectivity index (χ0) is 24.9. The highest BCUT2D eigenvalue weighted by Gasteiger charge is 2.30. The molecular weight excluding hydrogens is 453 g/mol. The lowest BCUT2D eigenvalue weighted by Crippen LogP contribution is -2.51. The third kappa shape index (κ3) is 6.86. The smallest absolute Gasteiger partial charge is 0.353 e. The number of nitrogens with zero attached hydrogens (tertiary/aromatic N) is 4. The number of H-pyrrole nitrogens is 1. The molecule has 0 bridgehead atoms. The van der Waals surface area contributed by atoms with Crippen LogP contribution in [-0.2, 0) is 22.2 Å². The zero-order valence-corrected chi connectivity index (χ0v) is 19.0. The summed E-state index contributed by atoms with van der Waals surface area (Å²) >= 11 is 0. The van der Waals surface area contributed by atoms with Crippen LogP contribution in [0.25, 0.3) is 11.4 Å². The predicted molar refractivity (Wildman–Crippen MR) is 118 cm³/mol. The third-order valence-corrected chi connectivity index (χ3v) is 5.35. The largest absolute Gasteiger partial charge is 0.416 e. The molecule has 1 aromatic heterocycles. The number of carbonyl (C=O) groups excluding carboxylic acids is 2. The Bertz CT molecular complexity index is 1080. The van der Waals surface area contributed by atoms with Crippen LogP contribution in [0.3, 0.4) is 0 Å². The van der Waals surface area contributed by atoms with Gasteiger partial charge >= 0.3 is 6.18 Å². The van der Waals surface area contributed by atoms with E-state index in [2.05, 4.69) is 20.5 Å². The summed E-state index contributed by atoms with van der Waals surface area (Å²) in [6.07, 6.45) is -4.41. The Morgan fingerprint density at radius 2 is 1.85 bits per heavy atom. The first-order valence-electron chi connectivity index (χ1n) is 11.0. The molecule has 1 fully saturated rings. The number of alkyl halides is 3. The maximum Gasteiger partial charge on any atom is 0.416 e. The average molecular weight is 480 g/mol. The van der Waals surface area contributed by atoms with Crippen LogP contribution in [0.2, 0.25) is 0 Å². The molecule has 0 atom stereocenters. The minimum Gasteiger partial charge on any atom is -0.353 e. The van der Waals surface area contributed by atoms with Crippen molar-refractivity contribution in [2.75, 3.05) is 32.7 Å². The molecule has 2 heterocycles. The van der Waals surface area contributed by atoms with Gasteiger partial charge in [0.25, 0.3) is 5.56 Å². The Morgan fingerprint density at radius 1 is 1.15 bits per heavy atom. The summed E-state index contributed by atoms with van der Waals surface area (Å²) in [6.45, 7) is 6.16. The minimum atomic E-state index is -4.52. The summed E-state index contributed by atoms with van der Waals surface area (Å²) in [4.78, 5) is 42.9. The molecule has 1 saturated heterocycles. The fourth-order valence-electron chi connectivity index (χ4n) is 3.61. The third-order valence-electron chi connectivity index (χ3n) is 5.35. The first-order valence-corrected chi connectivity index (χ1v) is 11.0. The van der Waals surface area contributed by atoms with Gasteiger partial charge in [-0.05, 0) is 26.0 Å². The summed E-state index contributed by atoms with van der Waals surface area (Å²) in [5, 5.41) is 10.5. The van der Waals surface area contributed by atoms with Gasteiger partial charge < -0.3 is 15.2 Å². The van der Waals surface area contributed by atoms with E-state index in [1.807, 2.05) is 18.7 Å². The van der Waals surface area contributed by atoms with E-state index in [1.54, 1.807) is 4.90 Å². The minimum absolute atomic E-state index is 0.0352. The van der Waals surface area contributed by atoms with Crippen LogP contribution in [0.4, 0.5) is 13.2 Å². The van der Waals surface area contributed by atoms with Crippen molar-refractivity contribution < 1.29 is 22.8 Å². The molecule has 1 aliphatic rings. The van der Waals surface area contributed by atoms with Gasteiger partial charge in [-0.15, -0.1) is 10.2 Å². The van der Waals surface area contributed by atoms with E-state index in [0.717, 1.165) is 12.1 Å². The topological polar surface area (TPSA) is 111 Å². The van der Waals surface area contributed by atoms with Crippen molar-refractivity contribution in [3.63, 3.8) is 0 Å². The molecule has 1 aromatic carbocycles. The van der Waals surface area contributed by atoms with E-state index in [9.17, 15) is 27.6 Å².